The quantitative estimate of drug-likeness (QED) is 0.254. The fourth-order valence-corrected chi connectivity index (χ4v) is 1.47. The van der Waals surface area contributed by atoms with Crippen molar-refractivity contribution < 1.29 is 28.8 Å². The lowest BCUT2D eigenvalue weighted by Crippen LogP contribution is -2.39. The number of rotatable bonds is 2. The summed E-state index contributed by atoms with van der Waals surface area (Å²) < 4.78 is 9.22. The Morgan fingerprint density at radius 2 is 1.95 bits per heavy atom. The van der Waals surface area contributed by atoms with E-state index in [4.69, 9.17) is 4.74 Å². The second-order valence-electron chi connectivity index (χ2n) is 3.71. The van der Waals surface area contributed by atoms with Crippen LogP contribution in [0.4, 0.5) is 10.5 Å². The predicted octanol–water partition coefficient (Wildman–Crippen LogP) is 0.479. The average Bonchev–Trinajstić information content (AvgIpc) is 2.84. The first kappa shape index (κ1) is 13.5. The van der Waals surface area contributed by atoms with Crippen LogP contribution in [-0.4, -0.2) is 40.9 Å². The number of nitro groups is 1. The van der Waals surface area contributed by atoms with Crippen LogP contribution in [0.15, 0.2) is 24.3 Å². The van der Waals surface area contributed by atoms with Gasteiger partial charge in [0.25, 0.3) is 5.69 Å². The van der Waals surface area contributed by atoms with Crippen LogP contribution in [0.5, 0.6) is 5.75 Å². The summed E-state index contributed by atoms with van der Waals surface area (Å²) in [5.41, 5.74) is -0.181. The van der Waals surface area contributed by atoms with E-state index >= 15 is 0 Å². The second-order valence-corrected chi connectivity index (χ2v) is 3.71. The first-order valence-electron chi connectivity index (χ1n) is 5.44. The minimum atomic E-state index is -1.27. The largest absolute Gasteiger partial charge is 0.447 e. The highest BCUT2D eigenvalue weighted by Crippen LogP contribution is 2.17. The highest BCUT2D eigenvalue weighted by Gasteiger charge is 2.34. The summed E-state index contributed by atoms with van der Waals surface area (Å²) in [5, 5.41) is 10.4. The number of benzene rings is 1. The molecule has 0 radical (unpaired) electrons. The molecule has 1 aliphatic heterocycles. The van der Waals surface area contributed by atoms with Gasteiger partial charge in [0.1, 0.15) is 12.4 Å². The molecule has 2 amide bonds. The van der Waals surface area contributed by atoms with E-state index in [1.807, 2.05) is 0 Å². The summed E-state index contributed by atoms with van der Waals surface area (Å²) in [6, 6.07) is 4.59. The van der Waals surface area contributed by atoms with Crippen LogP contribution < -0.4 is 4.74 Å². The molecule has 0 spiro atoms. The topological polar surface area (TPSA) is 116 Å². The summed E-state index contributed by atoms with van der Waals surface area (Å²) in [4.78, 5) is 44.6. The van der Waals surface area contributed by atoms with E-state index in [0.717, 1.165) is 12.1 Å². The first-order chi connectivity index (χ1) is 9.49. The number of nitrogens with zero attached hydrogens (tertiary/aromatic N) is 2. The molecule has 0 saturated carbocycles. The molecule has 1 aliphatic rings. The van der Waals surface area contributed by atoms with Crippen LogP contribution >= 0.6 is 0 Å². The fourth-order valence-electron chi connectivity index (χ4n) is 1.47. The molecule has 0 aliphatic carbocycles. The first-order valence-corrected chi connectivity index (χ1v) is 5.44. The Hall–Kier alpha value is -2.97. The third-order valence-electron chi connectivity index (χ3n) is 2.44. The van der Waals surface area contributed by atoms with Crippen LogP contribution in [-0.2, 0) is 14.3 Å². The Balaban J connectivity index is 2.02. The van der Waals surface area contributed by atoms with Gasteiger partial charge in [-0.1, -0.05) is 0 Å². The van der Waals surface area contributed by atoms with Gasteiger partial charge in [0.2, 0.25) is 0 Å². The van der Waals surface area contributed by atoms with Crippen molar-refractivity contribution in [3.05, 3.63) is 34.4 Å². The zero-order valence-electron chi connectivity index (χ0n) is 9.98. The van der Waals surface area contributed by atoms with E-state index in [1.54, 1.807) is 0 Å². The van der Waals surface area contributed by atoms with E-state index < -0.39 is 22.9 Å². The van der Waals surface area contributed by atoms with Gasteiger partial charge in [0.05, 0.1) is 11.5 Å². The minimum Gasteiger partial charge on any atom is -0.447 e. The maximum atomic E-state index is 11.6. The standard InChI is InChI=1S/C11H8N2O7/c14-9(12-5-6-19-11(12)16)10(15)20-8-3-1-7(2-4-8)13(17)18/h1-4H,5-6H2. The molecule has 9 nitrogen and oxygen atoms in total. The van der Waals surface area contributed by atoms with Crippen molar-refractivity contribution in [3.8, 4) is 5.75 Å². The number of nitro benzene ring substituents is 1. The van der Waals surface area contributed by atoms with Gasteiger partial charge in [-0.25, -0.2) is 14.5 Å². The van der Waals surface area contributed by atoms with Crippen LogP contribution in [0.3, 0.4) is 0 Å². The van der Waals surface area contributed by atoms with Crippen LogP contribution in [0, 0.1) is 10.1 Å². The summed E-state index contributed by atoms with van der Waals surface area (Å²) in [6.07, 6.45) is -0.907. The third kappa shape index (κ3) is 2.71. The molecule has 0 unspecified atom stereocenters. The molecule has 2 rings (SSSR count). The Labute approximate surface area is 111 Å². The summed E-state index contributed by atoms with van der Waals surface area (Å²) >= 11 is 0. The van der Waals surface area contributed by atoms with Crippen molar-refractivity contribution in [1.29, 1.82) is 0 Å². The lowest BCUT2D eigenvalue weighted by atomic mass is 10.3. The van der Waals surface area contributed by atoms with Crippen LogP contribution in [0.1, 0.15) is 0 Å². The Kier molecular flexibility index (Phi) is 3.60. The lowest BCUT2D eigenvalue weighted by Gasteiger charge is -2.09. The number of carbonyl (C=O) groups is 3. The molecular weight excluding hydrogens is 272 g/mol. The van der Waals surface area contributed by atoms with E-state index in [1.165, 1.54) is 12.1 Å². The Morgan fingerprint density at radius 1 is 1.30 bits per heavy atom. The van der Waals surface area contributed by atoms with Crippen molar-refractivity contribution >= 4 is 23.7 Å². The van der Waals surface area contributed by atoms with Crippen molar-refractivity contribution in [3.63, 3.8) is 0 Å². The van der Waals surface area contributed by atoms with Crippen molar-refractivity contribution in [2.75, 3.05) is 13.2 Å². The fraction of sp³-hybridized carbons (Fsp3) is 0.182. The van der Waals surface area contributed by atoms with Gasteiger partial charge in [-0.05, 0) is 12.1 Å². The van der Waals surface area contributed by atoms with Gasteiger partial charge in [0.15, 0.2) is 0 Å². The summed E-state index contributed by atoms with van der Waals surface area (Å²) in [7, 11) is 0. The number of cyclic esters (lactones) is 1. The number of ether oxygens (including phenoxy) is 2. The second kappa shape index (κ2) is 5.34. The maximum Gasteiger partial charge on any atom is 0.417 e. The average molecular weight is 280 g/mol. The molecule has 0 N–H and O–H groups in total. The molecule has 1 aromatic carbocycles. The monoisotopic (exact) mass is 280 g/mol. The minimum absolute atomic E-state index is 0.0208. The number of imide groups is 1. The van der Waals surface area contributed by atoms with Gasteiger partial charge in [0, 0.05) is 12.1 Å². The number of amides is 2. The van der Waals surface area contributed by atoms with Crippen molar-refractivity contribution in [2.24, 2.45) is 0 Å². The molecule has 104 valence electrons. The van der Waals surface area contributed by atoms with E-state index in [-0.39, 0.29) is 24.6 Å². The molecule has 20 heavy (non-hydrogen) atoms. The number of hydrogen-bond donors (Lipinski definition) is 0. The molecule has 0 atom stereocenters. The number of esters is 1. The van der Waals surface area contributed by atoms with Crippen molar-refractivity contribution in [1.82, 2.24) is 4.90 Å². The lowest BCUT2D eigenvalue weighted by molar-refractivity contribution is -0.384. The third-order valence-corrected chi connectivity index (χ3v) is 2.44. The maximum absolute atomic E-state index is 11.6. The SMILES string of the molecule is O=C(Oc1ccc([N+](=O)[O-])cc1)C(=O)N1CCOC1=O. The van der Waals surface area contributed by atoms with E-state index in [0.29, 0.717) is 4.90 Å². The van der Waals surface area contributed by atoms with Gasteiger partial charge in [-0.15, -0.1) is 0 Å². The van der Waals surface area contributed by atoms with Gasteiger partial charge in [-0.3, -0.25) is 14.9 Å². The summed E-state index contributed by atoms with van der Waals surface area (Å²) in [6.45, 7) is 0.00239. The molecular formula is C11H8N2O7. The van der Waals surface area contributed by atoms with E-state index in [2.05, 4.69) is 4.74 Å². The normalized spacial score (nSPS) is 13.8. The highest BCUT2D eigenvalue weighted by molar-refractivity contribution is 6.35. The predicted molar refractivity (Wildman–Crippen MR) is 61.8 cm³/mol. The Bertz CT molecular complexity index is 581. The summed E-state index contributed by atoms with van der Waals surface area (Å²) in [5.74, 6) is -2.45. The van der Waals surface area contributed by atoms with Crippen LogP contribution in [0.2, 0.25) is 0 Å². The van der Waals surface area contributed by atoms with Gasteiger partial charge < -0.3 is 9.47 Å². The molecule has 0 bridgehead atoms. The van der Waals surface area contributed by atoms with E-state index in [9.17, 15) is 24.5 Å². The van der Waals surface area contributed by atoms with Crippen molar-refractivity contribution in [2.45, 2.75) is 0 Å². The zero-order chi connectivity index (χ0) is 14.7. The number of non-ortho nitro benzene ring substituents is 1. The smallest absolute Gasteiger partial charge is 0.417 e. The number of carbonyl (C=O) groups excluding carboxylic acids is 3. The highest BCUT2D eigenvalue weighted by atomic mass is 16.6. The van der Waals surface area contributed by atoms with Gasteiger partial charge in [-0.2, -0.15) is 0 Å². The molecule has 1 fully saturated rings. The zero-order valence-corrected chi connectivity index (χ0v) is 9.98. The van der Waals surface area contributed by atoms with Crippen LogP contribution in [0.25, 0.3) is 0 Å². The molecule has 1 aromatic rings. The van der Waals surface area contributed by atoms with Gasteiger partial charge >= 0.3 is 18.0 Å². The molecule has 1 heterocycles. The molecule has 1 saturated heterocycles. The Morgan fingerprint density at radius 3 is 2.45 bits per heavy atom. The molecule has 0 aromatic heterocycles. The number of hydrogen-bond acceptors (Lipinski definition) is 7. The molecule has 9 heteroatoms.